The van der Waals surface area contributed by atoms with E-state index in [1.807, 2.05) is 0 Å². The summed E-state index contributed by atoms with van der Waals surface area (Å²) in [5.41, 5.74) is 6.14. The van der Waals surface area contributed by atoms with Gasteiger partial charge in [0.05, 0.1) is 10.7 Å². The maximum atomic E-state index is 13.1. The minimum Gasteiger partial charge on any atom is -0.477 e. The number of anilines is 1. The molecule has 0 saturated heterocycles. The number of carboxylic acid groups (broad SMARTS) is 1. The van der Waals surface area contributed by atoms with E-state index in [-0.39, 0.29) is 27.9 Å². The van der Waals surface area contributed by atoms with Gasteiger partial charge in [-0.25, -0.2) is 19.2 Å². The topological polar surface area (TPSA) is 89.1 Å². The number of halogens is 2. The van der Waals surface area contributed by atoms with Gasteiger partial charge in [0.25, 0.3) is 0 Å². The van der Waals surface area contributed by atoms with Gasteiger partial charge < -0.3 is 10.8 Å². The number of hydrogen-bond acceptors (Lipinski definition) is 4. The zero-order valence-electron chi connectivity index (χ0n) is 9.82. The summed E-state index contributed by atoms with van der Waals surface area (Å²) in [6, 6.07) is 3.97. The molecule has 0 fully saturated rings. The molecule has 1 heterocycles. The molecule has 0 spiro atoms. The van der Waals surface area contributed by atoms with E-state index in [0.29, 0.717) is 5.56 Å². The van der Waals surface area contributed by atoms with Crippen LogP contribution in [0.2, 0.25) is 5.02 Å². The molecule has 0 aliphatic heterocycles. The predicted octanol–water partition coefficient (Wildman–Crippen LogP) is 2.52. The molecule has 3 N–H and O–H groups in total. The van der Waals surface area contributed by atoms with Gasteiger partial charge in [0.1, 0.15) is 17.2 Å². The maximum absolute atomic E-state index is 13.1. The number of carboxylic acids is 1. The Labute approximate surface area is 112 Å². The van der Waals surface area contributed by atoms with E-state index in [1.165, 1.54) is 25.1 Å². The second kappa shape index (κ2) is 4.81. The summed E-state index contributed by atoms with van der Waals surface area (Å²) in [7, 11) is 0. The zero-order chi connectivity index (χ0) is 14.2. The molecular weight excluding hydrogens is 273 g/mol. The first-order chi connectivity index (χ1) is 8.90. The molecule has 0 bridgehead atoms. The molecule has 0 aliphatic carbocycles. The van der Waals surface area contributed by atoms with Crippen molar-refractivity contribution in [2.24, 2.45) is 0 Å². The van der Waals surface area contributed by atoms with E-state index in [1.54, 1.807) is 0 Å². The van der Waals surface area contributed by atoms with Crippen molar-refractivity contribution in [2.45, 2.75) is 6.92 Å². The number of hydrogen-bond donors (Lipinski definition) is 2. The summed E-state index contributed by atoms with van der Waals surface area (Å²) < 4.78 is 13.1. The van der Waals surface area contributed by atoms with Gasteiger partial charge in [-0.05, 0) is 25.1 Å². The second-order valence-electron chi connectivity index (χ2n) is 3.83. The van der Waals surface area contributed by atoms with Crippen molar-refractivity contribution >= 4 is 23.4 Å². The van der Waals surface area contributed by atoms with Crippen LogP contribution < -0.4 is 5.73 Å². The van der Waals surface area contributed by atoms with E-state index < -0.39 is 11.8 Å². The third kappa shape index (κ3) is 2.48. The van der Waals surface area contributed by atoms with Crippen molar-refractivity contribution in [3.8, 4) is 11.4 Å². The highest BCUT2D eigenvalue weighted by molar-refractivity contribution is 6.31. The van der Waals surface area contributed by atoms with E-state index in [9.17, 15) is 9.18 Å². The number of nitrogens with two attached hydrogens (primary N) is 1. The largest absolute Gasteiger partial charge is 0.477 e. The molecule has 19 heavy (non-hydrogen) atoms. The molecule has 0 amide bonds. The molecular formula is C12H9ClFN3O2. The third-order valence-electron chi connectivity index (χ3n) is 2.51. The Balaban J connectivity index is 2.58. The van der Waals surface area contributed by atoms with Gasteiger partial charge in [-0.15, -0.1) is 0 Å². The number of aryl methyl sites for hydroxylation is 1. The molecule has 0 radical (unpaired) electrons. The second-order valence-corrected chi connectivity index (χ2v) is 4.23. The monoisotopic (exact) mass is 281 g/mol. The fourth-order valence-electron chi connectivity index (χ4n) is 1.62. The average Bonchev–Trinajstić information content (AvgIpc) is 2.31. The molecule has 0 unspecified atom stereocenters. The van der Waals surface area contributed by atoms with Crippen molar-refractivity contribution < 1.29 is 14.3 Å². The van der Waals surface area contributed by atoms with Crippen LogP contribution in [0, 0.1) is 12.7 Å². The van der Waals surface area contributed by atoms with Crippen LogP contribution in [-0.2, 0) is 0 Å². The van der Waals surface area contributed by atoms with Crippen LogP contribution in [0.1, 0.15) is 16.1 Å². The van der Waals surface area contributed by atoms with Crippen LogP contribution >= 0.6 is 11.6 Å². The minimum atomic E-state index is -1.20. The van der Waals surface area contributed by atoms with Gasteiger partial charge in [0, 0.05) is 5.56 Å². The Bertz CT molecular complexity index is 653. The van der Waals surface area contributed by atoms with Gasteiger partial charge in [0.2, 0.25) is 0 Å². The van der Waals surface area contributed by atoms with Crippen LogP contribution in [0.4, 0.5) is 10.2 Å². The first-order valence-electron chi connectivity index (χ1n) is 5.23. The highest BCUT2D eigenvalue weighted by Gasteiger charge is 2.16. The van der Waals surface area contributed by atoms with Crippen LogP contribution in [0.5, 0.6) is 0 Å². The fraction of sp³-hybridized carbons (Fsp3) is 0.0833. The Hall–Kier alpha value is -2.21. The van der Waals surface area contributed by atoms with Crippen molar-refractivity contribution in [3.05, 3.63) is 40.3 Å². The number of carbonyl (C=O) groups is 1. The van der Waals surface area contributed by atoms with Crippen molar-refractivity contribution in [1.82, 2.24) is 9.97 Å². The number of aromatic nitrogens is 2. The lowest BCUT2D eigenvalue weighted by atomic mass is 10.1. The minimum absolute atomic E-state index is 0.0698. The van der Waals surface area contributed by atoms with Gasteiger partial charge in [-0.2, -0.15) is 0 Å². The van der Waals surface area contributed by atoms with Crippen LogP contribution in [0.25, 0.3) is 11.4 Å². The number of rotatable bonds is 2. The summed E-state index contributed by atoms with van der Waals surface area (Å²) in [6.07, 6.45) is 0. The van der Waals surface area contributed by atoms with Crippen LogP contribution in [-0.4, -0.2) is 21.0 Å². The number of aromatic carboxylic acids is 1. The summed E-state index contributed by atoms with van der Waals surface area (Å²) in [4.78, 5) is 18.9. The number of benzene rings is 1. The number of nitrogen functional groups attached to an aromatic ring is 1. The third-order valence-corrected chi connectivity index (χ3v) is 2.80. The first-order valence-corrected chi connectivity index (χ1v) is 5.60. The summed E-state index contributed by atoms with van der Waals surface area (Å²) in [5, 5.41) is 8.89. The predicted molar refractivity (Wildman–Crippen MR) is 68.5 cm³/mol. The SMILES string of the molecule is Cc1nc(-c2ccc(F)c(Cl)c2)nc(N)c1C(=O)O. The van der Waals surface area contributed by atoms with Gasteiger partial charge in [0.15, 0.2) is 5.82 Å². The van der Waals surface area contributed by atoms with E-state index >= 15 is 0 Å². The fourth-order valence-corrected chi connectivity index (χ4v) is 1.80. The van der Waals surface area contributed by atoms with Crippen LogP contribution in [0.15, 0.2) is 18.2 Å². The Kier molecular flexibility index (Phi) is 3.35. The van der Waals surface area contributed by atoms with Crippen LogP contribution in [0.3, 0.4) is 0 Å². The lowest BCUT2D eigenvalue weighted by Gasteiger charge is -2.07. The smallest absolute Gasteiger partial charge is 0.341 e. The molecule has 0 aliphatic rings. The normalized spacial score (nSPS) is 10.5. The first kappa shape index (κ1) is 13.2. The lowest BCUT2D eigenvalue weighted by Crippen LogP contribution is -2.10. The molecule has 2 rings (SSSR count). The quantitative estimate of drug-likeness (QED) is 0.883. The molecule has 1 aromatic heterocycles. The van der Waals surface area contributed by atoms with Crippen molar-refractivity contribution in [2.75, 3.05) is 5.73 Å². The maximum Gasteiger partial charge on any atom is 0.341 e. The Morgan fingerprint density at radius 3 is 2.63 bits per heavy atom. The molecule has 98 valence electrons. The lowest BCUT2D eigenvalue weighted by molar-refractivity contribution is 0.0696. The Morgan fingerprint density at radius 1 is 1.42 bits per heavy atom. The summed E-state index contributed by atoms with van der Waals surface area (Å²) in [5.74, 6) is -1.70. The van der Waals surface area contributed by atoms with E-state index in [0.717, 1.165) is 0 Å². The van der Waals surface area contributed by atoms with Crippen molar-refractivity contribution in [3.63, 3.8) is 0 Å². The average molecular weight is 282 g/mol. The number of nitrogens with zero attached hydrogens (tertiary/aromatic N) is 2. The molecule has 5 nitrogen and oxygen atoms in total. The molecule has 7 heteroatoms. The zero-order valence-corrected chi connectivity index (χ0v) is 10.6. The standard InChI is InChI=1S/C12H9ClFN3O2/c1-5-9(12(18)19)10(15)17-11(16-5)6-2-3-8(14)7(13)4-6/h2-4H,1H3,(H,18,19)(H2,15,16,17). The molecule has 0 saturated carbocycles. The van der Waals surface area contributed by atoms with Gasteiger partial charge in [-0.1, -0.05) is 11.6 Å². The van der Waals surface area contributed by atoms with E-state index in [4.69, 9.17) is 22.4 Å². The van der Waals surface area contributed by atoms with Crippen molar-refractivity contribution in [1.29, 1.82) is 0 Å². The molecule has 1 aromatic carbocycles. The summed E-state index contributed by atoms with van der Waals surface area (Å²) >= 11 is 5.67. The Morgan fingerprint density at radius 2 is 2.11 bits per heavy atom. The van der Waals surface area contributed by atoms with E-state index in [2.05, 4.69) is 9.97 Å². The molecule has 0 atom stereocenters. The van der Waals surface area contributed by atoms with Gasteiger partial charge in [-0.3, -0.25) is 0 Å². The highest BCUT2D eigenvalue weighted by atomic mass is 35.5. The molecule has 2 aromatic rings. The highest BCUT2D eigenvalue weighted by Crippen LogP contribution is 2.24. The summed E-state index contributed by atoms with van der Waals surface area (Å²) in [6.45, 7) is 1.51. The van der Waals surface area contributed by atoms with Gasteiger partial charge >= 0.3 is 5.97 Å².